The summed E-state index contributed by atoms with van der Waals surface area (Å²) in [7, 11) is 0. The van der Waals surface area contributed by atoms with Crippen LogP contribution in [0, 0.1) is 0 Å². The summed E-state index contributed by atoms with van der Waals surface area (Å²) in [6.45, 7) is 3.85. The number of nitrogens with one attached hydrogen (secondary N) is 1. The number of thioether (sulfide) groups is 1. The van der Waals surface area contributed by atoms with E-state index in [1.807, 2.05) is 6.92 Å². The van der Waals surface area contributed by atoms with Gasteiger partial charge in [-0.2, -0.15) is 8.78 Å². The zero-order valence-corrected chi connectivity index (χ0v) is 11.7. The van der Waals surface area contributed by atoms with Crippen molar-refractivity contribution in [2.24, 2.45) is 0 Å². The standard InChI is InChI=1S/C13H17F2NO2S/c1-3-9(12(17)18-4-2)16-10-7-5-6-8-11(10)19-13(14)15/h5-9,13,16H,3-4H2,1-2H3. The second kappa shape index (κ2) is 7.99. The van der Waals surface area contributed by atoms with E-state index < -0.39 is 11.8 Å². The fourth-order valence-corrected chi connectivity index (χ4v) is 2.15. The molecule has 1 N–H and O–H groups in total. The van der Waals surface area contributed by atoms with Gasteiger partial charge in [-0.25, -0.2) is 4.79 Å². The molecule has 106 valence electrons. The third-order valence-electron chi connectivity index (χ3n) is 2.41. The van der Waals surface area contributed by atoms with E-state index in [9.17, 15) is 13.6 Å². The maximum Gasteiger partial charge on any atom is 0.328 e. The molecule has 0 bridgehead atoms. The van der Waals surface area contributed by atoms with Crippen molar-refractivity contribution in [3.63, 3.8) is 0 Å². The molecule has 1 unspecified atom stereocenters. The third kappa shape index (κ3) is 5.06. The minimum absolute atomic E-state index is 0.296. The summed E-state index contributed by atoms with van der Waals surface area (Å²) in [6.07, 6.45) is 0.520. The van der Waals surface area contributed by atoms with Crippen LogP contribution in [0.5, 0.6) is 0 Å². The van der Waals surface area contributed by atoms with Gasteiger partial charge >= 0.3 is 5.97 Å². The molecule has 0 fully saturated rings. The Morgan fingerprint density at radius 2 is 2.05 bits per heavy atom. The van der Waals surface area contributed by atoms with E-state index in [0.717, 1.165) is 0 Å². The Hall–Kier alpha value is -1.30. The Balaban J connectivity index is 2.81. The molecule has 1 aromatic carbocycles. The van der Waals surface area contributed by atoms with Crippen molar-refractivity contribution in [3.8, 4) is 0 Å². The quantitative estimate of drug-likeness (QED) is 0.613. The van der Waals surface area contributed by atoms with Crippen LogP contribution >= 0.6 is 11.8 Å². The molecule has 0 aliphatic rings. The molecule has 0 saturated carbocycles. The van der Waals surface area contributed by atoms with Crippen LogP contribution in [0.3, 0.4) is 0 Å². The van der Waals surface area contributed by atoms with E-state index in [4.69, 9.17) is 4.74 Å². The van der Waals surface area contributed by atoms with Gasteiger partial charge in [0.1, 0.15) is 6.04 Å². The molecule has 6 heteroatoms. The van der Waals surface area contributed by atoms with E-state index in [1.165, 1.54) is 0 Å². The number of anilines is 1. The smallest absolute Gasteiger partial charge is 0.328 e. The molecule has 0 radical (unpaired) electrons. The number of halogens is 2. The highest BCUT2D eigenvalue weighted by molar-refractivity contribution is 7.99. The van der Waals surface area contributed by atoms with E-state index in [1.54, 1.807) is 31.2 Å². The second-order valence-corrected chi connectivity index (χ2v) is 4.76. The molecule has 0 spiro atoms. The van der Waals surface area contributed by atoms with Gasteiger partial charge in [-0.15, -0.1) is 0 Å². The van der Waals surface area contributed by atoms with Crippen molar-refractivity contribution in [2.75, 3.05) is 11.9 Å². The number of carbonyl (C=O) groups is 1. The van der Waals surface area contributed by atoms with Crippen molar-refractivity contribution in [2.45, 2.75) is 37.0 Å². The molecule has 0 aromatic heterocycles. The minimum Gasteiger partial charge on any atom is -0.464 e. The lowest BCUT2D eigenvalue weighted by atomic mass is 10.2. The summed E-state index contributed by atoms with van der Waals surface area (Å²) in [5.41, 5.74) is 0.521. The number of rotatable bonds is 7. The maximum atomic E-state index is 12.4. The Bertz CT molecular complexity index is 415. The van der Waals surface area contributed by atoms with Crippen LogP contribution in [-0.4, -0.2) is 24.4 Å². The summed E-state index contributed by atoms with van der Waals surface area (Å²) in [5.74, 6) is -2.87. The monoisotopic (exact) mass is 289 g/mol. The number of benzene rings is 1. The van der Waals surface area contributed by atoms with Gasteiger partial charge in [-0.05, 0) is 25.5 Å². The van der Waals surface area contributed by atoms with Crippen LogP contribution in [-0.2, 0) is 9.53 Å². The highest BCUT2D eigenvalue weighted by atomic mass is 32.2. The van der Waals surface area contributed by atoms with Gasteiger partial charge in [0, 0.05) is 10.6 Å². The predicted molar refractivity (Wildman–Crippen MR) is 72.6 cm³/mol. The Kier molecular flexibility index (Phi) is 6.62. The fourth-order valence-electron chi connectivity index (χ4n) is 1.54. The number of ether oxygens (including phenoxy) is 1. The zero-order chi connectivity index (χ0) is 14.3. The molecule has 0 aliphatic heterocycles. The Morgan fingerprint density at radius 1 is 1.37 bits per heavy atom. The van der Waals surface area contributed by atoms with Gasteiger partial charge in [-0.3, -0.25) is 0 Å². The first-order chi connectivity index (χ1) is 9.08. The minimum atomic E-state index is -2.49. The fraction of sp³-hybridized carbons (Fsp3) is 0.462. The molecular weight excluding hydrogens is 272 g/mol. The number of hydrogen-bond donors (Lipinski definition) is 1. The van der Waals surface area contributed by atoms with Gasteiger partial charge in [0.2, 0.25) is 0 Å². The summed E-state index contributed by atoms with van der Waals surface area (Å²) in [5, 5.41) is 2.96. The summed E-state index contributed by atoms with van der Waals surface area (Å²) in [4.78, 5) is 12.1. The number of alkyl halides is 2. The van der Waals surface area contributed by atoms with Gasteiger partial charge in [-0.1, -0.05) is 30.8 Å². The van der Waals surface area contributed by atoms with Gasteiger partial charge in [0.25, 0.3) is 5.76 Å². The normalized spacial score (nSPS) is 12.3. The third-order valence-corrected chi connectivity index (χ3v) is 3.20. The maximum absolute atomic E-state index is 12.4. The average Bonchev–Trinajstić information content (AvgIpc) is 2.37. The largest absolute Gasteiger partial charge is 0.464 e. The lowest BCUT2D eigenvalue weighted by molar-refractivity contribution is -0.144. The number of para-hydroxylation sites is 1. The van der Waals surface area contributed by atoms with Crippen molar-refractivity contribution < 1.29 is 18.3 Å². The van der Waals surface area contributed by atoms with Crippen LogP contribution < -0.4 is 5.32 Å². The Morgan fingerprint density at radius 3 is 2.63 bits per heavy atom. The number of hydrogen-bond acceptors (Lipinski definition) is 4. The summed E-state index contributed by atoms with van der Waals surface area (Å²) >= 11 is 0.455. The second-order valence-electron chi connectivity index (χ2n) is 3.73. The zero-order valence-electron chi connectivity index (χ0n) is 10.9. The topological polar surface area (TPSA) is 38.3 Å². The molecule has 0 aliphatic carbocycles. The first-order valence-corrected chi connectivity index (χ1v) is 6.93. The van der Waals surface area contributed by atoms with Crippen molar-refractivity contribution in [1.29, 1.82) is 0 Å². The van der Waals surface area contributed by atoms with Gasteiger partial charge in [0.05, 0.1) is 6.61 Å². The van der Waals surface area contributed by atoms with E-state index in [2.05, 4.69) is 5.32 Å². The van der Waals surface area contributed by atoms with Crippen molar-refractivity contribution >= 4 is 23.4 Å². The average molecular weight is 289 g/mol. The highest BCUT2D eigenvalue weighted by Crippen LogP contribution is 2.32. The lowest BCUT2D eigenvalue weighted by Gasteiger charge is -2.18. The molecular formula is C13H17F2NO2S. The molecule has 1 rings (SSSR count). The van der Waals surface area contributed by atoms with Crippen LogP contribution in [0.2, 0.25) is 0 Å². The first kappa shape index (κ1) is 15.8. The van der Waals surface area contributed by atoms with Crippen LogP contribution in [0.4, 0.5) is 14.5 Å². The van der Waals surface area contributed by atoms with E-state index >= 15 is 0 Å². The molecule has 19 heavy (non-hydrogen) atoms. The summed E-state index contributed by atoms with van der Waals surface area (Å²) < 4.78 is 29.8. The van der Waals surface area contributed by atoms with Crippen LogP contribution in [0.15, 0.2) is 29.2 Å². The van der Waals surface area contributed by atoms with Crippen molar-refractivity contribution in [3.05, 3.63) is 24.3 Å². The molecule has 0 amide bonds. The van der Waals surface area contributed by atoms with E-state index in [0.29, 0.717) is 35.4 Å². The molecule has 0 saturated heterocycles. The van der Waals surface area contributed by atoms with Crippen LogP contribution in [0.25, 0.3) is 0 Å². The highest BCUT2D eigenvalue weighted by Gasteiger charge is 2.19. The Labute approximate surface area is 115 Å². The molecule has 1 atom stereocenters. The number of carbonyl (C=O) groups excluding carboxylic acids is 1. The number of esters is 1. The molecule has 0 heterocycles. The van der Waals surface area contributed by atoms with Crippen LogP contribution in [0.1, 0.15) is 20.3 Å². The predicted octanol–water partition coefficient (Wildman–Crippen LogP) is 3.75. The molecule has 1 aromatic rings. The molecule has 3 nitrogen and oxygen atoms in total. The SMILES string of the molecule is CCOC(=O)C(CC)Nc1ccccc1SC(F)F. The lowest BCUT2D eigenvalue weighted by Crippen LogP contribution is -2.30. The van der Waals surface area contributed by atoms with E-state index in [-0.39, 0.29) is 5.97 Å². The first-order valence-electron chi connectivity index (χ1n) is 6.05. The van der Waals surface area contributed by atoms with Gasteiger partial charge < -0.3 is 10.1 Å². The van der Waals surface area contributed by atoms with Crippen molar-refractivity contribution in [1.82, 2.24) is 0 Å². The summed E-state index contributed by atoms with van der Waals surface area (Å²) in [6, 6.07) is 6.15. The van der Waals surface area contributed by atoms with Gasteiger partial charge in [0.15, 0.2) is 0 Å².